The van der Waals surface area contributed by atoms with Crippen molar-refractivity contribution in [2.24, 2.45) is 5.41 Å². The number of ether oxygens (including phenoxy) is 1. The second-order valence-electron chi connectivity index (χ2n) is 3.81. The molecule has 3 heteroatoms. The molecular weight excluding hydrogens is 144 g/mol. The molecular formula is C8H16O3. The molecule has 3 unspecified atom stereocenters. The minimum Gasteiger partial charge on any atom is -0.392 e. The molecule has 3 atom stereocenters. The second kappa shape index (κ2) is 2.73. The molecule has 0 amide bonds. The van der Waals surface area contributed by atoms with E-state index in [9.17, 15) is 5.11 Å². The lowest BCUT2D eigenvalue weighted by molar-refractivity contribution is -0.233. The van der Waals surface area contributed by atoms with Crippen molar-refractivity contribution >= 4 is 0 Å². The third-order valence-corrected chi connectivity index (χ3v) is 2.69. The fraction of sp³-hybridized carbons (Fsp3) is 1.00. The highest BCUT2D eigenvalue weighted by Crippen LogP contribution is 2.35. The summed E-state index contributed by atoms with van der Waals surface area (Å²) in [6, 6.07) is 0. The van der Waals surface area contributed by atoms with Crippen LogP contribution in [-0.4, -0.2) is 28.7 Å². The van der Waals surface area contributed by atoms with Crippen LogP contribution in [0.15, 0.2) is 0 Å². The van der Waals surface area contributed by atoms with E-state index in [2.05, 4.69) is 0 Å². The van der Waals surface area contributed by atoms with Crippen LogP contribution < -0.4 is 0 Å². The van der Waals surface area contributed by atoms with Crippen LogP contribution in [0.2, 0.25) is 0 Å². The highest BCUT2D eigenvalue weighted by atomic mass is 16.6. The molecule has 66 valence electrons. The number of hydrogen-bond donors (Lipinski definition) is 2. The number of hydrogen-bond acceptors (Lipinski definition) is 3. The summed E-state index contributed by atoms with van der Waals surface area (Å²) in [7, 11) is 0. The predicted octanol–water partition coefficient (Wildman–Crippen LogP) is 0.501. The van der Waals surface area contributed by atoms with E-state index < -0.39 is 12.4 Å². The molecule has 0 bridgehead atoms. The topological polar surface area (TPSA) is 49.7 Å². The Labute approximate surface area is 67.0 Å². The maximum absolute atomic E-state index is 9.54. The molecule has 0 aromatic heterocycles. The first-order chi connectivity index (χ1) is 4.94. The van der Waals surface area contributed by atoms with Crippen LogP contribution in [0.25, 0.3) is 0 Å². The molecule has 2 N–H and O–H groups in total. The Morgan fingerprint density at radius 1 is 1.36 bits per heavy atom. The Morgan fingerprint density at radius 3 is 2.36 bits per heavy atom. The Kier molecular flexibility index (Phi) is 2.23. The van der Waals surface area contributed by atoms with Crippen molar-refractivity contribution in [3.63, 3.8) is 0 Å². The monoisotopic (exact) mass is 160 g/mol. The Bertz CT molecular complexity index is 130. The largest absolute Gasteiger partial charge is 0.392 e. The van der Waals surface area contributed by atoms with Gasteiger partial charge in [0.1, 0.15) is 0 Å². The number of rotatable bonds is 0. The van der Waals surface area contributed by atoms with E-state index in [4.69, 9.17) is 9.84 Å². The second-order valence-corrected chi connectivity index (χ2v) is 3.81. The standard InChI is InChI=1S/C8H16O3/c1-5-8(2,3)6(9)4-7(10)11-5/h5-7,9-10H,4H2,1-3H3. The van der Waals surface area contributed by atoms with Crippen LogP contribution in [0, 0.1) is 5.41 Å². The van der Waals surface area contributed by atoms with Crippen LogP contribution in [0.5, 0.6) is 0 Å². The van der Waals surface area contributed by atoms with E-state index in [0.717, 1.165) is 0 Å². The summed E-state index contributed by atoms with van der Waals surface area (Å²) in [5, 5.41) is 18.6. The first-order valence-corrected chi connectivity index (χ1v) is 3.96. The quantitative estimate of drug-likeness (QED) is 0.542. The van der Waals surface area contributed by atoms with Gasteiger partial charge in [0, 0.05) is 11.8 Å². The van der Waals surface area contributed by atoms with Gasteiger partial charge in [-0.1, -0.05) is 13.8 Å². The smallest absolute Gasteiger partial charge is 0.157 e. The predicted molar refractivity (Wildman–Crippen MR) is 41.0 cm³/mol. The van der Waals surface area contributed by atoms with Crippen LogP contribution in [0.3, 0.4) is 0 Å². The van der Waals surface area contributed by atoms with E-state index in [-0.39, 0.29) is 11.5 Å². The first kappa shape index (κ1) is 8.97. The summed E-state index contributed by atoms with van der Waals surface area (Å²) in [4.78, 5) is 0. The van der Waals surface area contributed by atoms with E-state index in [1.165, 1.54) is 0 Å². The molecule has 0 aromatic rings. The average Bonchev–Trinajstić information content (AvgIpc) is 1.84. The van der Waals surface area contributed by atoms with Crippen molar-refractivity contribution in [1.82, 2.24) is 0 Å². The molecule has 1 aliphatic heterocycles. The summed E-state index contributed by atoms with van der Waals surface area (Å²) in [6.45, 7) is 5.74. The Morgan fingerprint density at radius 2 is 1.91 bits per heavy atom. The third kappa shape index (κ3) is 1.55. The van der Waals surface area contributed by atoms with Crippen molar-refractivity contribution in [2.45, 2.75) is 45.7 Å². The summed E-state index contributed by atoms with van der Waals surface area (Å²) < 4.78 is 5.17. The molecule has 0 aliphatic carbocycles. The lowest BCUT2D eigenvalue weighted by Crippen LogP contribution is -2.48. The lowest BCUT2D eigenvalue weighted by Gasteiger charge is -2.42. The van der Waals surface area contributed by atoms with Crippen LogP contribution >= 0.6 is 0 Å². The van der Waals surface area contributed by atoms with Gasteiger partial charge in [0.25, 0.3) is 0 Å². The molecule has 0 saturated carbocycles. The van der Waals surface area contributed by atoms with Gasteiger partial charge in [-0.3, -0.25) is 0 Å². The summed E-state index contributed by atoms with van der Waals surface area (Å²) in [6.07, 6.45) is -1.05. The van der Waals surface area contributed by atoms with Gasteiger partial charge < -0.3 is 14.9 Å². The Hall–Kier alpha value is -0.120. The molecule has 11 heavy (non-hydrogen) atoms. The van der Waals surface area contributed by atoms with Gasteiger partial charge in [0.15, 0.2) is 6.29 Å². The molecule has 1 aliphatic rings. The summed E-state index contributed by atoms with van der Waals surface area (Å²) >= 11 is 0. The van der Waals surface area contributed by atoms with E-state index >= 15 is 0 Å². The van der Waals surface area contributed by atoms with Gasteiger partial charge in [-0.25, -0.2) is 0 Å². The molecule has 0 aromatic carbocycles. The summed E-state index contributed by atoms with van der Waals surface area (Å²) in [5.41, 5.74) is -0.251. The van der Waals surface area contributed by atoms with Gasteiger partial charge in [-0.05, 0) is 6.92 Å². The van der Waals surface area contributed by atoms with Crippen molar-refractivity contribution in [3.05, 3.63) is 0 Å². The van der Waals surface area contributed by atoms with Gasteiger partial charge >= 0.3 is 0 Å². The zero-order chi connectivity index (χ0) is 8.65. The maximum atomic E-state index is 9.54. The fourth-order valence-electron chi connectivity index (χ4n) is 1.23. The first-order valence-electron chi connectivity index (χ1n) is 3.96. The van der Waals surface area contributed by atoms with E-state index in [0.29, 0.717) is 6.42 Å². The van der Waals surface area contributed by atoms with Gasteiger partial charge in [-0.15, -0.1) is 0 Å². The molecule has 1 saturated heterocycles. The van der Waals surface area contributed by atoms with Crippen LogP contribution in [0.1, 0.15) is 27.2 Å². The van der Waals surface area contributed by atoms with Crippen LogP contribution in [0.4, 0.5) is 0 Å². The molecule has 0 radical (unpaired) electrons. The zero-order valence-electron chi connectivity index (χ0n) is 7.24. The molecule has 1 heterocycles. The minimum absolute atomic E-state index is 0.0961. The normalized spacial score (nSPS) is 43.9. The Balaban J connectivity index is 2.67. The molecule has 3 nitrogen and oxygen atoms in total. The number of aliphatic hydroxyl groups is 2. The van der Waals surface area contributed by atoms with Crippen molar-refractivity contribution in [3.8, 4) is 0 Å². The number of aliphatic hydroxyl groups excluding tert-OH is 2. The lowest BCUT2D eigenvalue weighted by atomic mass is 9.78. The van der Waals surface area contributed by atoms with Crippen LogP contribution in [-0.2, 0) is 4.74 Å². The van der Waals surface area contributed by atoms with E-state index in [1.807, 2.05) is 20.8 Å². The SMILES string of the molecule is CC1OC(O)CC(O)C1(C)C. The highest BCUT2D eigenvalue weighted by Gasteiger charge is 2.41. The minimum atomic E-state index is -0.798. The van der Waals surface area contributed by atoms with Gasteiger partial charge in [0.05, 0.1) is 12.2 Å². The maximum Gasteiger partial charge on any atom is 0.157 e. The van der Waals surface area contributed by atoms with E-state index in [1.54, 1.807) is 0 Å². The van der Waals surface area contributed by atoms with Crippen molar-refractivity contribution in [2.75, 3.05) is 0 Å². The van der Waals surface area contributed by atoms with Crippen molar-refractivity contribution < 1.29 is 14.9 Å². The van der Waals surface area contributed by atoms with Gasteiger partial charge in [-0.2, -0.15) is 0 Å². The van der Waals surface area contributed by atoms with Gasteiger partial charge in [0.2, 0.25) is 0 Å². The highest BCUT2D eigenvalue weighted by molar-refractivity contribution is 4.87. The average molecular weight is 160 g/mol. The molecule has 1 rings (SSSR count). The van der Waals surface area contributed by atoms with Crippen molar-refractivity contribution in [1.29, 1.82) is 0 Å². The third-order valence-electron chi connectivity index (χ3n) is 2.69. The fourth-order valence-corrected chi connectivity index (χ4v) is 1.23. The zero-order valence-corrected chi connectivity index (χ0v) is 7.24. The molecule has 1 fully saturated rings. The summed E-state index contributed by atoms with van der Waals surface area (Å²) in [5.74, 6) is 0. The molecule has 0 spiro atoms.